The lowest BCUT2D eigenvalue weighted by molar-refractivity contribution is -0.140. The van der Waals surface area contributed by atoms with Gasteiger partial charge in [0, 0.05) is 16.1 Å². The highest BCUT2D eigenvalue weighted by Gasteiger charge is 2.40. The molecule has 2 aromatic carbocycles. The van der Waals surface area contributed by atoms with Crippen molar-refractivity contribution in [3.05, 3.63) is 76.0 Å². The molecule has 0 aliphatic rings. The van der Waals surface area contributed by atoms with E-state index in [9.17, 15) is 13.2 Å². The molecule has 28 heavy (non-hydrogen) atoms. The van der Waals surface area contributed by atoms with Gasteiger partial charge in [0.25, 0.3) is 0 Å². The van der Waals surface area contributed by atoms with E-state index in [1.165, 1.54) is 6.07 Å². The minimum Gasteiger partial charge on any atom is -0.356 e. The Balaban J connectivity index is 1.85. The molecule has 4 nitrogen and oxygen atoms in total. The lowest BCUT2D eigenvalue weighted by Gasteiger charge is -2.03. The van der Waals surface area contributed by atoms with Crippen molar-refractivity contribution in [3.8, 4) is 28.3 Å². The maximum Gasteiger partial charge on any atom is 0.435 e. The van der Waals surface area contributed by atoms with Crippen LogP contribution in [0.2, 0.25) is 5.15 Å². The van der Waals surface area contributed by atoms with Gasteiger partial charge in [-0.1, -0.05) is 63.0 Å². The third kappa shape index (κ3) is 3.45. The zero-order chi connectivity index (χ0) is 19.9. The van der Waals surface area contributed by atoms with E-state index >= 15 is 0 Å². The highest BCUT2D eigenvalue weighted by molar-refractivity contribution is 9.10. The fourth-order valence-electron chi connectivity index (χ4n) is 2.71. The van der Waals surface area contributed by atoms with Crippen molar-refractivity contribution >= 4 is 27.5 Å². The molecule has 0 radical (unpaired) electrons. The molecule has 0 saturated carbocycles. The number of hydrogen-bond acceptors (Lipinski definition) is 3. The summed E-state index contributed by atoms with van der Waals surface area (Å²) in [6.07, 6.45) is -4.71. The number of halogens is 5. The molecule has 0 atom stereocenters. The largest absolute Gasteiger partial charge is 0.435 e. The van der Waals surface area contributed by atoms with E-state index in [0.29, 0.717) is 17.0 Å². The van der Waals surface area contributed by atoms with Gasteiger partial charge in [0.2, 0.25) is 0 Å². The fourth-order valence-corrected chi connectivity index (χ4v) is 3.29. The average molecular weight is 469 g/mol. The number of para-hydroxylation sites is 1. The molecule has 0 unspecified atom stereocenters. The minimum atomic E-state index is -4.71. The van der Waals surface area contributed by atoms with Gasteiger partial charge < -0.3 is 4.52 Å². The Morgan fingerprint density at radius 1 is 1.00 bits per heavy atom. The summed E-state index contributed by atoms with van der Waals surface area (Å²) in [5.41, 5.74) is -0.428. The Hall–Kier alpha value is -2.58. The molecular formula is C19H10BrClF3N3O. The quantitative estimate of drug-likeness (QED) is 0.339. The van der Waals surface area contributed by atoms with Crippen LogP contribution in [0.1, 0.15) is 5.69 Å². The van der Waals surface area contributed by atoms with Gasteiger partial charge in [0.1, 0.15) is 10.8 Å². The molecule has 0 bridgehead atoms. The van der Waals surface area contributed by atoms with Crippen LogP contribution in [0.3, 0.4) is 0 Å². The van der Waals surface area contributed by atoms with Crippen LogP contribution in [0, 0.1) is 0 Å². The summed E-state index contributed by atoms with van der Waals surface area (Å²) in [4.78, 5) is 0. The molecule has 4 aromatic rings. The van der Waals surface area contributed by atoms with E-state index in [1.807, 2.05) is 0 Å². The second-order valence-electron chi connectivity index (χ2n) is 5.84. The highest BCUT2D eigenvalue weighted by atomic mass is 79.9. The Bertz CT molecular complexity index is 1120. The second-order valence-corrected chi connectivity index (χ2v) is 7.12. The molecule has 2 aromatic heterocycles. The molecular weight excluding hydrogens is 459 g/mol. The Morgan fingerprint density at radius 3 is 2.32 bits per heavy atom. The van der Waals surface area contributed by atoms with Crippen LogP contribution >= 0.6 is 27.5 Å². The third-order valence-corrected chi connectivity index (χ3v) is 4.87. The predicted octanol–water partition coefficient (Wildman–Crippen LogP) is 6.63. The monoisotopic (exact) mass is 467 g/mol. The topological polar surface area (TPSA) is 43.9 Å². The zero-order valence-corrected chi connectivity index (χ0v) is 16.3. The second kappa shape index (κ2) is 7.10. The molecule has 0 aliphatic carbocycles. The van der Waals surface area contributed by atoms with Crippen LogP contribution in [-0.4, -0.2) is 14.9 Å². The number of hydrogen-bond donors (Lipinski definition) is 0. The average Bonchev–Trinajstić information content (AvgIpc) is 3.27. The maximum absolute atomic E-state index is 13.6. The fraction of sp³-hybridized carbons (Fsp3) is 0.0526. The third-order valence-electron chi connectivity index (χ3n) is 3.99. The molecule has 0 spiro atoms. The van der Waals surface area contributed by atoms with Gasteiger partial charge in [-0.05, 0) is 24.3 Å². The van der Waals surface area contributed by atoms with Crippen molar-refractivity contribution in [2.24, 2.45) is 0 Å². The van der Waals surface area contributed by atoms with E-state index in [1.54, 1.807) is 54.6 Å². The van der Waals surface area contributed by atoms with E-state index in [2.05, 4.69) is 26.2 Å². The smallest absolute Gasteiger partial charge is 0.356 e. The summed E-state index contributed by atoms with van der Waals surface area (Å²) in [5, 5.41) is 7.30. The van der Waals surface area contributed by atoms with E-state index in [0.717, 1.165) is 9.15 Å². The molecule has 2 heterocycles. The van der Waals surface area contributed by atoms with Crippen molar-refractivity contribution in [2.45, 2.75) is 6.18 Å². The SMILES string of the molecule is FC(F)(F)c1nn(-c2ccccc2)c(Cl)c1-c1cc(-c2ccc(Br)cc2)on1. The van der Waals surface area contributed by atoms with E-state index in [-0.39, 0.29) is 16.4 Å². The Labute approximate surface area is 170 Å². The number of rotatable bonds is 3. The van der Waals surface area contributed by atoms with Crippen LogP contribution < -0.4 is 0 Å². The summed E-state index contributed by atoms with van der Waals surface area (Å²) < 4.78 is 48.0. The molecule has 0 saturated heterocycles. The summed E-state index contributed by atoms with van der Waals surface area (Å²) in [6.45, 7) is 0. The summed E-state index contributed by atoms with van der Waals surface area (Å²) in [5.74, 6) is 0.319. The van der Waals surface area contributed by atoms with Gasteiger partial charge >= 0.3 is 6.18 Å². The first-order valence-corrected chi connectivity index (χ1v) is 9.16. The number of benzene rings is 2. The van der Waals surface area contributed by atoms with Crippen LogP contribution in [0.15, 0.2) is 69.7 Å². The molecule has 0 aliphatic heterocycles. The predicted molar refractivity (Wildman–Crippen MR) is 102 cm³/mol. The zero-order valence-electron chi connectivity index (χ0n) is 13.9. The van der Waals surface area contributed by atoms with Crippen molar-refractivity contribution in [3.63, 3.8) is 0 Å². The van der Waals surface area contributed by atoms with Gasteiger partial charge in [-0.25, -0.2) is 4.68 Å². The first-order valence-electron chi connectivity index (χ1n) is 7.99. The van der Waals surface area contributed by atoms with Crippen molar-refractivity contribution in [2.75, 3.05) is 0 Å². The van der Waals surface area contributed by atoms with Crippen molar-refractivity contribution in [1.82, 2.24) is 14.9 Å². The lowest BCUT2D eigenvalue weighted by atomic mass is 10.1. The van der Waals surface area contributed by atoms with Gasteiger partial charge in [0.05, 0.1) is 11.3 Å². The number of aromatic nitrogens is 3. The summed E-state index contributed by atoms with van der Waals surface area (Å²) >= 11 is 9.62. The molecule has 9 heteroatoms. The summed E-state index contributed by atoms with van der Waals surface area (Å²) in [6, 6.07) is 16.8. The molecule has 0 amide bonds. The Kier molecular flexibility index (Phi) is 4.76. The van der Waals surface area contributed by atoms with Crippen molar-refractivity contribution in [1.29, 1.82) is 0 Å². The molecule has 0 N–H and O–H groups in total. The first-order chi connectivity index (χ1) is 13.3. The lowest BCUT2D eigenvalue weighted by Crippen LogP contribution is -2.08. The standard InChI is InChI=1S/C19H10BrClF3N3O/c20-12-8-6-11(7-9-12)15-10-14(26-28-15)16-17(19(22,23)24)25-27(18(16)21)13-4-2-1-3-5-13/h1-10H. The van der Waals surface area contributed by atoms with Crippen LogP contribution in [0.25, 0.3) is 28.3 Å². The normalized spacial score (nSPS) is 11.8. The van der Waals surface area contributed by atoms with Crippen LogP contribution in [0.4, 0.5) is 13.2 Å². The van der Waals surface area contributed by atoms with Gasteiger partial charge in [0.15, 0.2) is 11.5 Å². The molecule has 142 valence electrons. The van der Waals surface area contributed by atoms with E-state index < -0.39 is 11.9 Å². The van der Waals surface area contributed by atoms with Crippen LogP contribution in [0.5, 0.6) is 0 Å². The molecule has 4 rings (SSSR count). The number of alkyl halides is 3. The maximum atomic E-state index is 13.6. The van der Waals surface area contributed by atoms with Gasteiger partial charge in [-0.3, -0.25) is 0 Å². The minimum absolute atomic E-state index is 0.0441. The van der Waals surface area contributed by atoms with Gasteiger partial charge in [-0.15, -0.1) is 0 Å². The molecule has 0 fully saturated rings. The van der Waals surface area contributed by atoms with Crippen LogP contribution in [-0.2, 0) is 6.18 Å². The Morgan fingerprint density at radius 2 is 1.68 bits per heavy atom. The summed E-state index contributed by atoms with van der Waals surface area (Å²) in [7, 11) is 0. The number of nitrogens with zero attached hydrogens (tertiary/aromatic N) is 3. The first kappa shape index (κ1) is 18.8. The van der Waals surface area contributed by atoms with Gasteiger partial charge in [-0.2, -0.15) is 18.3 Å². The highest BCUT2D eigenvalue weighted by Crippen LogP contribution is 2.42. The van der Waals surface area contributed by atoms with Crippen molar-refractivity contribution < 1.29 is 17.7 Å². The van der Waals surface area contributed by atoms with E-state index in [4.69, 9.17) is 16.1 Å².